The molecule has 0 spiro atoms. The third-order valence-corrected chi connectivity index (χ3v) is 3.06. The lowest BCUT2D eigenvalue weighted by Crippen LogP contribution is -2.27. The first-order valence-electron chi connectivity index (χ1n) is 5.93. The Kier molecular flexibility index (Phi) is 3.80. The van der Waals surface area contributed by atoms with Crippen LogP contribution < -0.4 is 10.5 Å². The maximum absolute atomic E-state index is 9.37. The molecule has 2 rings (SSSR count). The van der Waals surface area contributed by atoms with Crippen molar-refractivity contribution in [3.8, 4) is 5.75 Å². The summed E-state index contributed by atoms with van der Waals surface area (Å²) in [5, 5.41) is 9.37. The van der Waals surface area contributed by atoms with Gasteiger partial charge in [-0.2, -0.15) is 0 Å². The van der Waals surface area contributed by atoms with Crippen LogP contribution in [0.15, 0.2) is 18.2 Å². The van der Waals surface area contributed by atoms with Crippen molar-refractivity contribution in [2.75, 3.05) is 13.2 Å². The van der Waals surface area contributed by atoms with Crippen LogP contribution in [0.2, 0.25) is 0 Å². The highest BCUT2D eigenvalue weighted by molar-refractivity contribution is 5.41. The second-order valence-corrected chi connectivity index (χ2v) is 4.30. The molecule has 3 nitrogen and oxygen atoms in total. The molecule has 1 aliphatic rings. The van der Waals surface area contributed by atoms with E-state index in [9.17, 15) is 5.11 Å². The minimum Gasteiger partial charge on any atom is -0.491 e. The summed E-state index contributed by atoms with van der Waals surface area (Å²) in [5.41, 5.74) is 8.06. The molecular weight excluding hydrogens is 202 g/mol. The van der Waals surface area contributed by atoms with Crippen LogP contribution in [0.25, 0.3) is 0 Å². The van der Waals surface area contributed by atoms with E-state index in [1.807, 2.05) is 12.1 Å². The number of aryl methyl sites for hydroxylation is 1. The molecule has 0 radical (unpaired) electrons. The van der Waals surface area contributed by atoms with Crippen molar-refractivity contribution in [3.63, 3.8) is 0 Å². The molecule has 1 aliphatic carbocycles. The van der Waals surface area contributed by atoms with Crippen molar-refractivity contribution in [2.45, 2.75) is 31.8 Å². The monoisotopic (exact) mass is 221 g/mol. The Morgan fingerprint density at radius 1 is 1.31 bits per heavy atom. The highest BCUT2D eigenvalue weighted by Gasteiger charge is 2.14. The Balaban J connectivity index is 2.08. The molecule has 0 amide bonds. The fourth-order valence-electron chi connectivity index (χ4n) is 2.14. The quantitative estimate of drug-likeness (QED) is 0.805. The minimum atomic E-state index is -0.570. The zero-order valence-corrected chi connectivity index (χ0v) is 9.48. The smallest absolute Gasteiger partial charge is 0.122 e. The highest BCUT2D eigenvalue weighted by Crippen LogP contribution is 2.29. The van der Waals surface area contributed by atoms with Crippen molar-refractivity contribution in [3.05, 3.63) is 29.3 Å². The van der Waals surface area contributed by atoms with Crippen molar-refractivity contribution in [1.29, 1.82) is 0 Å². The number of nitrogens with two attached hydrogens (primary N) is 1. The molecule has 0 heterocycles. The first kappa shape index (κ1) is 11.4. The molecule has 0 fully saturated rings. The van der Waals surface area contributed by atoms with Crippen LogP contribution in [-0.2, 0) is 12.8 Å². The molecule has 16 heavy (non-hydrogen) atoms. The van der Waals surface area contributed by atoms with Gasteiger partial charge in [0.05, 0.1) is 0 Å². The summed E-state index contributed by atoms with van der Waals surface area (Å²) >= 11 is 0. The van der Waals surface area contributed by atoms with E-state index in [-0.39, 0.29) is 13.2 Å². The molecule has 3 N–H and O–H groups in total. The second-order valence-electron chi connectivity index (χ2n) is 4.30. The van der Waals surface area contributed by atoms with Crippen molar-refractivity contribution >= 4 is 0 Å². The van der Waals surface area contributed by atoms with Crippen molar-refractivity contribution < 1.29 is 9.84 Å². The maximum atomic E-state index is 9.37. The van der Waals surface area contributed by atoms with Crippen LogP contribution in [0.1, 0.15) is 24.0 Å². The molecule has 0 saturated heterocycles. The Bertz CT molecular complexity index is 352. The predicted molar refractivity (Wildman–Crippen MR) is 63.6 cm³/mol. The summed E-state index contributed by atoms with van der Waals surface area (Å²) in [6.07, 6.45) is 4.16. The minimum absolute atomic E-state index is 0.245. The molecule has 1 unspecified atom stereocenters. The fourth-order valence-corrected chi connectivity index (χ4v) is 2.14. The molecule has 1 atom stereocenters. The largest absolute Gasteiger partial charge is 0.491 e. The molecule has 0 aliphatic heterocycles. The second kappa shape index (κ2) is 5.32. The lowest BCUT2D eigenvalue weighted by molar-refractivity contribution is 0.113. The number of ether oxygens (including phenoxy) is 1. The van der Waals surface area contributed by atoms with Gasteiger partial charge in [-0.15, -0.1) is 0 Å². The Hall–Kier alpha value is -1.06. The first-order valence-corrected chi connectivity index (χ1v) is 5.93. The molecular formula is C13H19NO2. The van der Waals surface area contributed by atoms with Gasteiger partial charge < -0.3 is 15.6 Å². The van der Waals surface area contributed by atoms with Crippen LogP contribution in [0, 0.1) is 0 Å². The molecule has 88 valence electrons. The molecule has 3 heteroatoms. The standard InChI is InChI=1S/C13H19NO2/c14-8-11(15)9-16-13-7-3-5-10-4-1-2-6-12(10)13/h3,5,7,11,15H,1-2,4,6,8-9,14H2. The molecule has 0 aromatic heterocycles. The lowest BCUT2D eigenvalue weighted by Gasteiger charge is -2.20. The SMILES string of the molecule is NCC(O)COc1cccc2c1CCCC2. The topological polar surface area (TPSA) is 55.5 Å². The zero-order valence-electron chi connectivity index (χ0n) is 9.48. The van der Waals surface area contributed by atoms with E-state index in [4.69, 9.17) is 10.5 Å². The van der Waals surface area contributed by atoms with Gasteiger partial charge in [0.25, 0.3) is 0 Å². The third kappa shape index (κ3) is 2.54. The van der Waals surface area contributed by atoms with Crippen LogP contribution in [0.3, 0.4) is 0 Å². The number of fused-ring (bicyclic) bond motifs is 1. The summed E-state index contributed by atoms with van der Waals surface area (Å²) in [7, 11) is 0. The van der Waals surface area contributed by atoms with Gasteiger partial charge >= 0.3 is 0 Å². The van der Waals surface area contributed by atoms with Crippen LogP contribution in [0.5, 0.6) is 5.75 Å². The maximum Gasteiger partial charge on any atom is 0.122 e. The van der Waals surface area contributed by atoms with Gasteiger partial charge in [-0.05, 0) is 42.9 Å². The highest BCUT2D eigenvalue weighted by atomic mass is 16.5. The lowest BCUT2D eigenvalue weighted by atomic mass is 9.91. The summed E-state index contributed by atoms with van der Waals surface area (Å²) in [5.74, 6) is 0.921. The van der Waals surface area contributed by atoms with E-state index in [1.165, 1.54) is 24.0 Å². The number of benzene rings is 1. The Morgan fingerprint density at radius 2 is 2.12 bits per heavy atom. The number of hydrogen-bond acceptors (Lipinski definition) is 3. The Labute approximate surface area is 96.2 Å². The normalized spacial score (nSPS) is 16.6. The van der Waals surface area contributed by atoms with E-state index in [0.29, 0.717) is 0 Å². The van der Waals surface area contributed by atoms with Gasteiger partial charge in [0.1, 0.15) is 18.5 Å². The van der Waals surface area contributed by atoms with Crippen molar-refractivity contribution in [1.82, 2.24) is 0 Å². The van der Waals surface area contributed by atoms with Gasteiger partial charge in [0.2, 0.25) is 0 Å². The number of hydrogen-bond donors (Lipinski definition) is 2. The predicted octanol–water partition coefficient (Wildman–Crippen LogP) is 1.26. The average molecular weight is 221 g/mol. The summed E-state index contributed by atoms with van der Waals surface area (Å²) in [6, 6.07) is 6.17. The molecule has 1 aromatic carbocycles. The van der Waals surface area contributed by atoms with Gasteiger partial charge in [-0.25, -0.2) is 0 Å². The fraction of sp³-hybridized carbons (Fsp3) is 0.538. The zero-order chi connectivity index (χ0) is 11.4. The summed E-state index contributed by atoms with van der Waals surface area (Å²) in [4.78, 5) is 0. The van der Waals surface area contributed by atoms with Crippen LogP contribution in [-0.4, -0.2) is 24.4 Å². The number of aliphatic hydroxyl groups is 1. The van der Waals surface area contributed by atoms with E-state index in [2.05, 4.69) is 6.07 Å². The van der Waals surface area contributed by atoms with E-state index in [1.54, 1.807) is 0 Å². The van der Waals surface area contributed by atoms with E-state index in [0.717, 1.165) is 18.6 Å². The first-order chi connectivity index (χ1) is 7.81. The molecule has 0 bridgehead atoms. The van der Waals surface area contributed by atoms with Gasteiger partial charge in [0, 0.05) is 6.54 Å². The van der Waals surface area contributed by atoms with E-state index < -0.39 is 6.10 Å². The molecule has 0 saturated carbocycles. The van der Waals surface area contributed by atoms with E-state index >= 15 is 0 Å². The third-order valence-electron chi connectivity index (χ3n) is 3.06. The van der Waals surface area contributed by atoms with Gasteiger partial charge in [0.15, 0.2) is 0 Å². The molecule has 1 aromatic rings. The summed E-state index contributed by atoms with van der Waals surface area (Å²) in [6.45, 7) is 0.530. The summed E-state index contributed by atoms with van der Waals surface area (Å²) < 4.78 is 5.63. The number of rotatable bonds is 4. The van der Waals surface area contributed by atoms with Gasteiger partial charge in [-0.1, -0.05) is 12.1 Å². The van der Waals surface area contributed by atoms with Crippen LogP contribution >= 0.6 is 0 Å². The van der Waals surface area contributed by atoms with Gasteiger partial charge in [-0.3, -0.25) is 0 Å². The Morgan fingerprint density at radius 3 is 2.94 bits per heavy atom. The van der Waals surface area contributed by atoms with Crippen LogP contribution in [0.4, 0.5) is 0 Å². The average Bonchev–Trinajstić information content (AvgIpc) is 2.35. The van der Waals surface area contributed by atoms with Crippen molar-refractivity contribution in [2.24, 2.45) is 5.73 Å². The number of aliphatic hydroxyl groups excluding tert-OH is 1.